The minimum Gasteiger partial charge on any atom is -0.448 e. The quantitative estimate of drug-likeness (QED) is 0.637. The fourth-order valence-corrected chi connectivity index (χ4v) is 3.35. The lowest BCUT2D eigenvalue weighted by molar-refractivity contribution is 0.224. The number of fused-ring (bicyclic) bond motifs is 3. The van der Waals surface area contributed by atoms with Gasteiger partial charge in [-0.1, -0.05) is 64.1 Å². The van der Waals surface area contributed by atoms with Crippen LogP contribution in [0.5, 0.6) is 5.88 Å². The molecule has 0 radical (unpaired) electrons. The molecule has 7 heteroatoms. The fraction of sp³-hybridized carbons (Fsp3) is 0.118. The first-order valence-electron chi connectivity index (χ1n) is 7.32. The second kappa shape index (κ2) is 6.41. The zero-order valence-electron chi connectivity index (χ0n) is 12.7. The molecular weight excluding hydrogens is 388 g/mol. The van der Waals surface area contributed by atoms with Crippen molar-refractivity contribution in [3.63, 3.8) is 0 Å². The van der Waals surface area contributed by atoms with E-state index in [0.29, 0.717) is 16.7 Å². The Labute approximate surface area is 152 Å². The van der Waals surface area contributed by atoms with Crippen LogP contribution >= 0.6 is 27.7 Å². The predicted octanol–water partition coefficient (Wildman–Crippen LogP) is 4.53. The summed E-state index contributed by atoms with van der Waals surface area (Å²) in [7, 11) is 0. The Morgan fingerprint density at radius 1 is 1.08 bits per heavy atom. The summed E-state index contributed by atoms with van der Waals surface area (Å²) in [6, 6.07) is 15.9. The summed E-state index contributed by atoms with van der Waals surface area (Å²) in [6.07, 6.45) is 1.53. The third-order valence-electron chi connectivity index (χ3n) is 3.70. The Kier molecular flexibility index (Phi) is 4.12. The molecule has 0 amide bonds. The molecule has 1 aromatic heterocycles. The van der Waals surface area contributed by atoms with E-state index in [1.807, 2.05) is 54.8 Å². The Bertz CT molecular complexity index is 905. The number of hydrogen-bond donors (Lipinski definition) is 1. The van der Waals surface area contributed by atoms with Crippen molar-refractivity contribution in [2.45, 2.75) is 11.4 Å². The molecule has 0 saturated carbocycles. The van der Waals surface area contributed by atoms with Crippen molar-refractivity contribution in [3.05, 3.63) is 58.6 Å². The van der Waals surface area contributed by atoms with E-state index in [0.717, 1.165) is 21.3 Å². The van der Waals surface area contributed by atoms with Gasteiger partial charge < -0.3 is 10.1 Å². The summed E-state index contributed by atoms with van der Waals surface area (Å²) in [6.45, 7) is 0. The molecule has 0 saturated heterocycles. The summed E-state index contributed by atoms with van der Waals surface area (Å²) >= 11 is 5.03. The minimum absolute atomic E-state index is 0.380. The number of halogens is 1. The van der Waals surface area contributed by atoms with Gasteiger partial charge in [0.1, 0.15) is 0 Å². The number of ether oxygens (including phenoxy) is 1. The molecule has 0 spiro atoms. The Hall–Kier alpha value is -2.12. The third-order valence-corrected chi connectivity index (χ3v) is 4.96. The van der Waals surface area contributed by atoms with Crippen molar-refractivity contribution in [2.24, 2.45) is 0 Å². The normalized spacial score (nSPS) is 15.5. The molecule has 1 N–H and O–H groups in total. The van der Waals surface area contributed by atoms with E-state index >= 15 is 0 Å². The fourth-order valence-electron chi connectivity index (χ4n) is 2.56. The second-order valence-corrected chi connectivity index (χ2v) is 6.79. The highest BCUT2D eigenvalue weighted by atomic mass is 79.9. The van der Waals surface area contributed by atoms with Gasteiger partial charge >= 0.3 is 0 Å². The van der Waals surface area contributed by atoms with E-state index in [1.165, 1.54) is 11.8 Å². The number of nitrogens with one attached hydrogen (secondary N) is 1. The average Bonchev–Trinajstić information content (AvgIpc) is 2.78. The second-order valence-electron chi connectivity index (χ2n) is 5.16. The number of anilines is 1. The summed E-state index contributed by atoms with van der Waals surface area (Å²) in [5.74, 6) is 0.479. The van der Waals surface area contributed by atoms with Gasteiger partial charge in [0.25, 0.3) is 0 Å². The molecule has 2 aromatic carbocycles. The number of hydrogen-bond acceptors (Lipinski definition) is 6. The highest BCUT2D eigenvalue weighted by molar-refractivity contribution is 9.10. The van der Waals surface area contributed by atoms with E-state index < -0.39 is 0 Å². The zero-order valence-corrected chi connectivity index (χ0v) is 15.1. The third kappa shape index (κ3) is 2.74. The van der Waals surface area contributed by atoms with Gasteiger partial charge in [-0.15, -0.1) is 10.2 Å². The van der Waals surface area contributed by atoms with Gasteiger partial charge in [0.2, 0.25) is 11.0 Å². The van der Waals surface area contributed by atoms with Gasteiger partial charge in [0.15, 0.2) is 11.9 Å². The van der Waals surface area contributed by atoms with Crippen molar-refractivity contribution in [3.8, 4) is 17.1 Å². The maximum Gasteiger partial charge on any atom is 0.247 e. The molecule has 24 heavy (non-hydrogen) atoms. The summed E-state index contributed by atoms with van der Waals surface area (Å²) in [4.78, 5) is 4.51. The molecule has 0 unspecified atom stereocenters. The maximum absolute atomic E-state index is 6.18. The molecule has 0 bridgehead atoms. The van der Waals surface area contributed by atoms with Crippen molar-refractivity contribution >= 4 is 33.4 Å². The predicted molar refractivity (Wildman–Crippen MR) is 98.2 cm³/mol. The first kappa shape index (κ1) is 15.4. The van der Waals surface area contributed by atoms with Gasteiger partial charge in [-0.2, -0.15) is 4.98 Å². The standard InChI is InChI=1S/C17H13BrN4OS/c1-24-17-20-16-14(21-22-17)11-7-3-5-9-13(11)19-15(23-16)10-6-2-4-8-12(10)18/h2-9,15,19H,1H3/t15-/m1/s1. The lowest BCUT2D eigenvalue weighted by Crippen LogP contribution is -2.17. The van der Waals surface area contributed by atoms with E-state index in [1.54, 1.807) is 0 Å². The molecule has 2 heterocycles. The Morgan fingerprint density at radius 3 is 2.71 bits per heavy atom. The number of nitrogens with zero attached hydrogens (tertiary/aromatic N) is 3. The largest absolute Gasteiger partial charge is 0.448 e. The van der Waals surface area contributed by atoms with Crippen molar-refractivity contribution < 1.29 is 4.74 Å². The van der Waals surface area contributed by atoms with E-state index in [-0.39, 0.29) is 6.23 Å². The highest BCUT2D eigenvalue weighted by Crippen LogP contribution is 2.40. The molecule has 1 aliphatic rings. The summed E-state index contributed by atoms with van der Waals surface area (Å²) < 4.78 is 7.15. The van der Waals surface area contributed by atoms with Crippen molar-refractivity contribution in [1.82, 2.24) is 15.2 Å². The molecule has 1 atom stereocenters. The highest BCUT2D eigenvalue weighted by Gasteiger charge is 2.26. The van der Waals surface area contributed by atoms with E-state index in [9.17, 15) is 0 Å². The van der Waals surface area contributed by atoms with Crippen LogP contribution in [-0.2, 0) is 0 Å². The maximum atomic E-state index is 6.18. The molecular formula is C17H13BrN4OS. The molecule has 0 fully saturated rings. The van der Waals surface area contributed by atoms with Crippen LogP contribution in [0.15, 0.2) is 58.2 Å². The molecule has 5 nitrogen and oxygen atoms in total. The first-order chi connectivity index (χ1) is 11.8. The molecule has 120 valence electrons. The number of aromatic nitrogens is 3. The Morgan fingerprint density at radius 2 is 1.88 bits per heavy atom. The van der Waals surface area contributed by atoms with E-state index in [4.69, 9.17) is 4.74 Å². The summed E-state index contributed by atoms with van der Waals surface area (Å²) in [5, 5.41) is 12.5. The van der Waals surface area contributed by atoms with Gasteiger partial charge in [-0.25, -0.2) is 0 Å². The van der Waals surface area contributed by atoms with Crippen LogP contribution in [0, 0.1) is 0 Å². The monoisotopic (exact) mass is 400 g/mol. The van der Waals surface area contributed by atoms with Crippen LogP contribution in [0.2, 0.25) is 0 Å². The lowest BCUT2D eigenvalue weighted by Gasteiger charge is -2.20. The number of benzene rings is 2. The van der Waals surface area contributed by atoms with Gasteiger partial charge in [-0.05, 0) is 18.4 Å². The van der Waals surface area contributed by atoms with Crippen LogP contribution in [0.25, 0.3) is 11.3 Å². The summed E-state index contributed by atoms with van der Waals surface area (Å²) in [5.41, 5.74) is 3.50. The van der Waals surface area contributed by atoms with Crippen LogP contribution in [0.3, 0.4) is 0 Å². The van der Waals surface area contributed by atoms with Crippen molar-refractivity contribution in [1.29, 1.82) is 0 Å². The van der Waals surface area contributed by atoms with Gasteiger partial charge in [-0.3, -0.25) is 0 Å². The minimum atomic E-state index is -0.380. The van der Waals surface area contributed by atoms with Crippen LogP contribution in [0.1, 0.15) is 11.8 Å². The molecule has 4 rings (SSSR count). The molecule has 3 aromatic rings. The van der Waals surface area contributed by atoms with Crippen molar-refractivity contribution in [2.75, 3.05) is 11.6 Å². The van der Waals surface area contributed by atoms with E-state index in [2.05, 4.69) is 36.4 Å². The first-order valence-corrected chi connectivity index (χ1v) is 9.34. The number of thioether (sulfide) groups is 1. The average molecular weight is 401 g/mol. The number of para-hydroxylation sites is 1. The van der Waals surface area contributed by atoms with Crippen LogP contribution in [0.4, 0.5) is 5.69 Å². The zero-order chi connectivity index (χ0) is 16.5. The van der Waals surface area contributed by atoms with Crippen LogP contribution in [-0.4, -0.2) is 21.4 Å². The van der Waals surface area contributed by atoms with Gasteiger partial charge in [0, 0.05) is 21.3 Å². The van der Waals surface area contributed by atoms with Gasteiger partial charge in [0.05, 0.1) is 0 Å². The molecule has 0 aliphatic carbocycles. The Balaban J connectivity index is 1.89. The molecule has 1 aliphatic heterocycles. The lowest BCUT2D eigenvalue weighted by atomic mass is 10.1. The topological polar surface area (TPSA) is 59.9 Å². The number of rotatable bonds is 2. The smallest absolute Gasteiger partial charge is 0.247 e. The van der Waals surface area contributed by atoms with Crippen LogP contribution < -0.4 is 10.1 Å². The SMILES string of the molecule is CSc1nnc2c(n1)O[C@H](c1ccccc1Br)Nc1ccccc1-2.